The van der Waals surface area contributed by atoms with Crippen molar-refractivity contribution in [2.75, 3.05) is 27.4 Å². The second-order valence-corrected chi connectivity index (χ2v) is 11.9. The Hall–Kier alpha value is -4.00. The quantitative estimate of drug-likeness (QED) is 0.197. The molecule has 4 aromatic rings. The van der Waals surface area contributed by atoms with E-state index >= 15 is 0 Å². The van der Waals surface area contributed by atoms with E-state index < -0.39 is 21.7 Å². The summed E-state index contributed by atoms with van der Waals surface area (Å²) in [4.78, 5) is 0.0824. The lowest BCUT2D eigenvalue weighted by atomic mass is 10.2. The lowest BCUT2D eigenvalue weighted by Crippen LogP contribution is -2.37. The van der Waals surface area contributed by atoms with Crippen LogP contribution in [0.3, 0.4) is 0 Å². The molecule has 9 nitrogen and oxygen atoms in total. The van der Waals surface area contributed by atoms with Gasteiger partial charge in [0.1, 0.15) is 17.3 Å². The topological polar surface area (TPSA) is 92.1 Å². The van der Waals surface area contributed by atoms with E-state index in [0.29, 0.717) is 47.9 Å². The Labute approximate surface area is 249 Å². The van der Waals surface area contributed by atoms with Crippen molar-refractivity contribution in [3.8, 4) is 28.8 Å². The van der Waals surface area contributed by atoms with Gasteiger partial charge in [0.05, 0.1) is 42.2 Å². The van der Waals surface area contributed by atoms with Crippen molar-refractivity contribution < 1.29 is 36.1 Å². The Kier molecular flexibility index (Phi) is 9.28. The van der Waals surface area contributed by atoms with Crippen LogP contribution in [-0.2, 0) is 27.7 Å². The van der Waals surface area contributed by atoms with Crippen molar-refractivity contribution in [3.63, 3.8) is 0 Å². The SMILES string of the molecule is CCc1nn(-c2ccc(OC)cc2)c(Oc2ccc(F)cc2F)c1CN(C[C@H]1CCCO1)S(=O)(=O)c1ccc(OC)cc1. The van der Waals surface area contributed by atoms with Crippen LogP contribution in [0, 0.1) is 11.6 Å². The summed E-state index contributed by atoms with van der Waals surface area (Å²) < 4.78 is 82.0. The van der Waals surface area contributed by atoms with Crippen LogP contribution >= 0.6 is 0 Å². The maximum Gasteiger partial charge on any atom is 0.243 e. The number of aromatic nitrogens is 2. The summed E-state index contributed by atoms with van der Waals surface area (Å²) in [5.41, 5.74) is 1.57. The van der Waals surface area contributed by atoms with Crippen LogP contribution in [0.1, 0.15) is 31.0 Å². The minimum atomic E-state index is -4.04. The third-order valence-corrected chi connectivity index (χ3v) is 9.06. The first kappa shape index (κ1) is 30.5. The molecule has 228 valence electrons. The number of sulfonamides is 1. The number of benzene rings is 3. The van der Waals surface area contributed by atoms with Gasteiger partial charge >= 0.3 is 0 Å². The first-order valence-corrected chi connectivity index (χ1v) is 15.3. The van der Waals surface area contributed by atoms with Gasteiger partial charge in [-0.25, -0.2) is 21.9 Å². The summed E-state index contributed by atoms with van der Waals surface area (Å²) in [5.74, 6) is -0.647. The van der Waals surface area contributed by atoms with Crippen molar-refractivity contribution in [3.05, 3.63) is 89.6 Å². The van der Waals surface area contributed by atoms with Gasteiger partial charge in [0.15, 0.2) is 11.6 Å². The van der Waals surface area contributed by atoms with E-state index in [4.69, 9.17) is 24.0 Å². The molecular weight excluding hydrogens is 580 g/mol. The highest BCUT2D eigenvalue weighted by molar-refractivity contribution is 7.89. The summed E-state index contributed by atoms with van der Waals surface area (Å²) in [5, 5.41) is 4.75. The molecule has 1 aliphatic heterocycles. The molecule has 43 heavy (non-hydrogen) atoms. The van der Waals surface area contributed by atoms with E-state index in [0.717, 1.165) is 18.6 Å². The lowest BCUT2D eigenvalue weighted by Gasteiger charge is -2.25. The number of methoxy groups -OCH3 is 2. The highest BCUT2D eigenvalue weighted by Gasteiger charge is 2.33. The predicted molar refractivity (Wildman–Crippen MR) is 155 cm³/mol. The number of hydrogen-bond acceptors (Lipinski definition) is 7. The molecule has 0 unspecified atom stereocenters. The first-order valence-electron chi connectivity index (χ1n) is 13.9. The van der Waals surface area contributed by atoms with Gasteiger partial charge in [0.25, 0.3) is 0 Å². The highest BCUT2D eigenvalue weighted by Crippen LogP contribution is 2.35. The second-order valence-electron chi connectivity index (χ2n) is 9.98. The van der Waals surface area contributed by atoms with Gasteiger partial charge in [-0.15, -0.1) is 0 Å². The maximum absolute atomic E-state index is 14.9. The molecule has 12 heteroatoms. The Morgan fingerprint density at radius 3 is 2.26 bits per heavy atom. The van der Waals surface area contributed by atoms with Crippen LogP contribution in [-0.4, -0.2) is 56.0 Å². The summed E-state index contributed by atoms with van der Waals surface area (Å²) in [6, 6.07) is 16.1. The molecule has 3 aromatic carbocycles. The lowest BCUT2D eigenvalue weighted by molar-refractivity contribution is 0.0924. The highest BCUT2D eigenvalue weighted by atomic mass is 32.2. The molecule has 0 radical (unpaired) electrons. The van der Waals surface area contributed by atoms with Crippen molar-refractivity contribution in [1.82, 2.24) is 14.1 Å². The molecule has 1 aromatic heterocycles. The number of halogens is 2. The third kappa shape index (κ3) is 6.66. The third-order valence-electron chi connectivity index (χ3n) is 7.23. The van der Waals surface area contributed by atoms with E-state index in [1.165, 1.54) is 34.3 Å². The van der Waals surface area contributed by atoms with Crippen molar-refractivity contribution in [1.29, 1.82) is 0 Å². The van der Waals surface area contributed by atoms with Gasteiger partial charge in [0, 0.05) is 25.8 Å². The maximum atomic E-state index is 14.9. The number of ether oxygens (including phenoxy) is 4. The Bertz CT molecular complexity index is 1650. The van der Waals surface area contributed by atoms with E-state index in [1.54, 1.807) is 43.5 Å². The molecule has 1 saturated heterocycles. The van der Waals surface area contributed by atoms with E-state index in [9.17, 15) is 17.2 Å². The number of rotatable bonds is 12. The van der Waals surface area contributed by atoms with Gasteiger partial charge < -0.3 is 18.9 Å². The van der Waals surface area contributed by atoms with Gasteiger partial charge in [0.2, 0.25) is 15.9 Å². The van der Waals surface area contributed by atoms with E-state index in [2.05, 4.69) is 0 Å². The number of hydrogen-bond donors (Lipinski definition) is 0. The van der Waals surface area contributed by atoms with Crippen LogP contribution in [0.25, 0.3) is 5.69 Å². The molecule has 5 rings (SSSR count). The number of nitrogens with zero attached hydrogens (tertiary/aromatic N) is 3. The monoisotopic (exact) mass is 613 g/mol. The van der Waals surface area contributed by atoms with E-state index in [-0.39, 0.29) is 35.7 Å². The molecule has 0 N–H and O–H groups in total. The van der Waals surface area contributed by atoms with Crippen LogP contribution in [0.4, 0.5) is 8.78 Å². The summed E-state index contributed by atoms with van der Waals surface area (Å²) >= 11 is 0. The number of aryl methyl sites for hydroxylation is 1. The zero-order valence-corrected chi connectivity index (χ0v) is 24.9. The Balaban J connectivity index is 1.63. The van der Waals surface area contributed by atoms with Crippen molar-refractivity contribution in [2.24, 2.45) is 0 Å². The fourth-order valence-electron chi connectivity index (χ4n) is 4.92. The first-order chi connectivity index (χ1) is 20.7. The largest absolute Gasteiger partial charge is 0.497 e. The molecular formula is C31H33F2N3O6S. The molecule has 0 spiro atoms. The van der Waals surface area contributed by atoms with Gasteiger partial charge in [-0.05, 0) is 79.9 Å². The standard InChI is InChI=1S/C31H33F2N3O6S/c1-4-29-27(20-35(19-25-6-5-17-41-25)43(37,38)26-14-12-24(40-3)13-15-26)31(42-30-16-7-21(32)18-28(30)33)36(34-29)22-8-10-23(39-2)11-9-22/h7-16,18,25H,4-6,17,19-20H2,1-3H3/t25-/m1/s1. The zero-order valence-electron chi connectivity index (χ0n) is 24.1. The van der Waals surface area contributed by atoms with E-state index in [1.807, 2.05) is 6.92 Å². The molecule has 1 aliphatic rings. The predicted octanol–water partition coefficient (Wildman–Crippen LogP) is 5.89. The normalized spacial score (nSPS) is 15.2. The Morgan fingerprint density at radius 1 is 1.00 bits per heavy atom. The average Bonchev–Trinajstić information content (AvgIpc) is 3.66. The minimum absolute atomic E-state index is 0.0824. The summed E-state index contributed by atoms with van der Waals surface area (Å²) in [7, 11) is -0.984. The molecule has 0 amide bonds. The van der Waals surface area contributed by atoms with Crippen LogP contribution in [0.15, 0.2) is 71.6 Å². The molecule has 2 heterocycles. The zero-order chi connectivity index (χ0) is 30.6. The second kappa shape index (κ2) is 13.1. The van der Waals surface area contributed by atoms with Crippen LogP contribution in [0.5, 0.6) is 23.1 Å². The van der Waals surface area contributed by atoms with Crippen molar-refractivity contribution in [2.45, 2.75) is 43.7 Å². The van der Waals surface area contributed by atoms with Gasteiger partial charge in [-0.2, -0.15) is 9.40 Å². The minimum Gasteiger partial charge on any atom is -0.497 e. The fourth-order valence-corrected chi connectivity index (χ4v) is 6.36. The smallest absolute Gasteiger partial charge is 0.243 e. The average molecular weight is 614 g/mol. The van der Waals surface area contributed by atoms with Crippen LogP contribution < -0.4 is 14.2 Å². The van der Waals surface area contributed by atoms with Crippen LogP contribution in [0.2, 0.25) is 0 Å². The molecule has 1 fully saturated rings. The summed E-state index contributed by atoms with van der Waals surface area (Å²) in [6.45, 7) is 2.39. The fraction of sp³-hybridized carbons (Fsp3) is 0.323. The van der Waals surface area contributed by atoms with Gasteiger partial charge in [-0.1, -0.05) is 6.92 Å². The van der Waals surface area contributed by atoms with Crippen molar-refractivity contribution >= 4 is 10.0 Å². The van der Waals surface area contributed by atoms with Gasteiger partial charge in [-0.3, -0.25) is 0 Å². The molecule has 0 saturated carbocycles. The molecule has 1 atom stereocenters. The Morgan fingerprint density at radius 2 is 1.67 bits per heavy atom. The summed E-state index contributed by atoms with van der Waals surface area (Å²) in [6.07, 6.45) is 1.67. The molecule has 0 aliphatic carbocycles. The molecule has 0 bridgehead atoms.